The van der Waals surface area contributed by atoms with Crippen LogP contribution >= 0.6 is 0 Å². The SMILES string of the molecule is Cc1ccccc1CCN1CCC(N)C(C)C1C. The van der Waals surface area contributed by atoms with Gasteiger partial charge in [0.15, 0.2) is 0 Å². The second-order valence-corrected chi connectivity index (χ2v) is 5.76. The van der Waals surface area contributed by atoms with Gasteiger partial charge >= 0.3 is 0 Å². The number of likely N-dealkylation sites (tertiary alicyclic amines) is 1. The summed E-state index contributed by atoms with van der Waals surface area (Å²) in [5.74, 6) is 0.607. The molecule has 1 aliphatic heterocycles. The van der Waals surface area contributed by atoms with Gasteiger partial charge in [0.25, 0.3) is 0 Å². The van der Waals surface area contributed by atoms with E-state index in [1.807, 2.05) is 0 Å². The van der Waals surface area contributed by atoms with Gasteiger partial charge in [0.1, 0.15) is 0 Å². The van der Waals surface area contributed by atoms with Crippen LogP contribution in [0, 0.1) is 12.8 Å². The Bertz CT molecular complexity index is 388. The predicted octanol–water partition coefficient (Wildman–Crippen LogP) is 2.60. The highest BCUT2D eigenvalue weighted by Gasteiger charge is 2.29. The normalized spacial score (nSPS) is 29.4. The molecule has 1 aromatic rings. The van der Waals surface area contributed by atoms with E-state index in [1.54, 1.807) is 0 Å². The summed E-state index contributed by atoms with van der Waals surface area (Å²) in [5.41, 5.74) is 9.02. The van der Waals surface area contributed by atoms with Crippen molar-refractivity contribution < 1.29 is 0 Å². The van der Waals surface area contributed by atoms with Crippen molar-refractivity contribution in [2.45, 2.75) is 45.7 Å². The maximum atomic E-state index is 6.14. The number of piperidine rings is 1. The van der Waals surface area contributed by atoms with Crippen LogP contribution in [-0.4, -0.2) is 30.1 Å². The van der Waals surface area contributed by atoms with E-state index in [0.717, 1.165) is 25.9 Å². The fourth-order valence-electron chi connectivity index (χ4n) is 2.94. The summed E-state index contributed by atoms with van der Waals surface area (Å²) in [6.07, 6.45) is 2.29. The van der Waals surface area contributed by atoms with Crippen LogP contribution in [0.2, 0.25) is 0 Å². The molecule has 1 saturated heterocycles. The molecule has 2 heteroatoms. The van der Waals surface area contributed by atoms with Crippen molar-refractivity contribution in [3.63, 3.8) is 0 Å². The fourth-order valence-corrected chi connectivity index (χ4v) is 2.94. The van der Waals surface area contributed by atoms with E-state index in [1.165, 1.54) is 11.1 Å². The number of aryl methyl sites for hydroxylation is 1. The third-order valence-electron chi connectivity index (χ3n) is 4.69. The first-order chi connectivity index (χ1) is 8.59. The van der Waals surface area contributed by atoms with Gasteiger partial charge in [0, 0.05) is 18.6 Å². The van der Waals surface area contributed by atoms with Crippen LogP contribution < -0.4 is 5.73 Å². The van der Waals surface area contributed by atoms with Gasteiger partial charge in [0.05, 0.1) is 0 Å². The molecule has 0 saturated carbocycles. The predicted molar refractivity (Wildman–Crippen MR) is 77.7 cm³/mol. The van der Waals surface area contributed by atoms with Crippen LogP contribution in [0.3, 0.4) is 0 Å². The third kappa shape index (κ3) is 2.93. The number of benzene rings is 1. The van der Waals surface area contributed by atoms with E-state index < -0.39 is 0 Å². The zero-order valence-electron chi connectivity index (χ0n) is 11.9. The van der Waals surface area contributed by atoms with Crippen LogP contribution in [0.15, 0.2) is 24.3 Å². The van der Waals surface area contributed by atoms with Crippen molar-refractivity contribution in [1.29, 1.82) is 0 Å². The number of rotatable bonds is 3. The molecule has 1 aliphatic rings. The zero-order valence-corrected chi connectivity index (χ0v) is 11.9. The van der Waals surface area contributed by atoms with Gasteiger partial charge in [-0.05, 0) is 50.3 Å². The van der Waals surface area contributed by atoms with Crippen LogP contribution in [0.5, 0.6) is 0 Å². The smallest absolute Gasteiger partial charge is 0.0107 e. The molecule has 1 heterocycles. The van der Waals surface area contributed by atoms with Crippen molar-refractivity contribution in [2.24, 2.45) is 11.7 Å². The molecule has 2 nitrogen and oxygen atoms in total. The van der Waals surface area contributed by atoms with Crippen LogP contribution in [-0.2, 0) is 6.42 Å². The van der Waals surface area contributed by atoms with Gasteiger partial charge in [-0.2, -0.15) is 0 Å². The quantitative estimate of drug-likeness (QED) is 0.888. The minimum absolute atomic E-state index is 0.384. The summed E-state index contributed by atoms with van der Waals surface area (Å²) < 4.78 is 0. The molecular weight excluding hydrogens is 220 g/mol. The lowest BCUT2D eigenvalue weighted by atomic mass is 9.87. The Hall–Kier alpha value is -0.860. The minimum atomic E-state index is 0.384. The first kappa shape index (κ1) is 13.6. The van der Waals surface area contributed by atoms with E-state index in [2.05, 4.69) is 49.9 Å². The zero-order chi connectivity index (χ0) is 13.1. The van der Waals surface area contributed by atoms with Crippen molar-refractivity contribution in [3.8, 4) is 0 Å². The number of nitrogens with two attached hydrogens (primary N) is 1. The van der Waals surface area contributed by atoms with Crippen LogP contribution in [0.4, 0.5) is 0 Å². The molecule has 0 aliphatic carbocycles. The molecule has 1 aromatic carbocycles. The maximum Gasteiger partial charge on any atom is 0.0107 e. The van der Waals surface area contributed by atoms with Gasteiger partial charge in [-0.1, -0.05) is 31.2 Å². The molecule has 0 amide bonds. The van der Waals surface area contributed by atoms with E-state index in [-0.39, 0.29) is 0 Å². The Morgan fingerprint density at radius 1 is 1.28 bits per heavy atom. The summed E-state index contributed by atoms with van der Waals surface area (Å²) in [5, 5.41) is 0. The van der Waals surface area contributed by atoms with Crippen molar-refractivity contribution in [1.82, 2.24) is 4.90 Å². The Morgan fingerprint density at radius 2 is 2.00 bits per heavy atom. The van der Waals surface area contributed by atoms with Gasteiger partial charge in [-0.25, -0.2) is 0 Å². The lowest BCUT2D eigenvalue weighted by Gasteiger charge is -2.41. The summed E-state index contributed by atoms with van der Waals surface area (Å²) in [4.78, 5) is 2.60. The molecule has 0 bridgehead atoms. The largest absolute Gasteiger partial charge is 0.327 e. The Morgan fingerprint density at radius 3 is 2.72 bits per heavy atom. The Balaban J connectivity index is 1.93. The van der Waals surface area contributed by atoms with E-state index >= 15 is 0 Å². The van der Waals surface area contributed by atoms with E-state index in [4.69, 9.17) is 5.73 Å². The molecule has 18 heavy (non-hydrogen) atoms. The second-order valence-electron chi connectivity index (χ2n) is 5.76. The molecule has 2 rings (SSSR count). The van der Waals surface area contributed by atoms with E-state index in [9.17, 15) is 0 Å². The summed E-state index contributed by atoms with van der Waals surface area (Å²) in [6, 6.07) is 9.70. The monoisotopic (exact) mass is 246 g/mol. The fraction of sp³-hybridized carbons (Fsp3) is 0.625. The molecule has 0 aromatic heterocycles. The summed E-state index contributed by atoms with van der Waals surface area (Å²) in [7, 11) is 0. The molecule has 100 valence electrons. The number of hydrogen-bond acceptors (Lipinski definition) is 2. The molecule has 3 unspecified atom stereocenters. The highest BCUT2D eigenvalue weighted by atomic mass is 15.2. The van der Waals surface area contributed by atoms with Gasteiger partial charge in [0.2, 0.25) is 0 Å². The van der Waals surface area contributed by atoms with E-state index in [0.29, 0.717) is 18.0 Å². The second kappa shape index (κ2) is 5.85. The average Bonchev–Trinajstić information content (AvgIpc) is 2.37. The van der Waals surface area contributed by atoms with Crippen molar-refractivity contribution >= 4 is 0 Å². The molecule has 1 fully saturated rings. The average molecular weight is 246 g/mol. The molecular formula is C16H26N2. The van der Waals surface area contributed by atoms with Gasteiger partial charge < -0.3 is 5.73 Å². The van der Waals surface area contributed by atoms with Crippen molar-refractivity contribution in [2.75, 3.05) is 13.1 Å². The molecule has 3 atom stereocenters. The first-order valence-corrected chi connectivity index (χ1v) is 7.13. The topological polar surface area (TPSA) is 29.3 Å². The highest BCUT2D eigenvalue weighted by Crippen LogP contribution is 2.22. The minimum Gasteiger partial charge on any atom is -0.327 e. The maximum absolute atomic E-state index is 6.14. The van der Waals surface area contributed by atoms with Crippen LogP contribution in [0.25, 0.3) is 0 Å². The molecule has 0 spiro atoms. The Labute approximate surface area is 111 Å². The molecule has 2 N–H and O–H groups in total. The number of nitrogens with zero attached hydrogens (tertiary/aromatic N) is 1. The Kier molecular flexibility index (Phi) is 4.41. The van der Waals surface area contributed by atoms with Gasteiger partial charge in [-0.3, -0.25) is 4.90 Å². The summed E-state index contributed by atoms with van der Waals surface area (Å²) in [6.45, 7) is 9.12. The van der Waals surface area contributed by atoms with Gasteiger partial charge in [-0.15, -0.1) is 0 Å². The highest BCUT2D eigenvalue weighted by molar-refractivity contribution is 5.25. The summed E-state index contributed by atoms with van der Waals surface area (Å²) >= 11 is 0. The first-order valence-electron chi connectivity index (χ1n) is 7.13. The van der Waals surface area contributed by atoms with Crippen molar-refractivity contribution in [3.05, 3.63) is 35.4 Å². The molecule has 0 radical (unpaired) electrons. The van der Waals surface area contributed by atoms with Crippen LogP contribution in [0.1, 0.15) is 31.4 Å². The standard InChI is InChI=1S/C16H26N2/c1-12-6-4-5-7-15(12)8-10-18-11-9-16(17)13(2)14(18)3/h4-7,13-14,16H,8-11,17H2,1-3H3. The third-order valence-corrected chi connectivity index (χ3v) is 4.69. The lowest BCUT2D eigenvalue weighted by Crippen LogP contribution is -2.52. The lowest BCUT2D eigenvalue weighted by molar-refractivity contribution is 0.0992. The number of hydrogen-bond donors (Lipinski definition) is 1.